The monoisotopic (exact) mass is 263 g/mol. The van der Waals surface area contributed by atoms with E-state index >= 15 is 0 Å². The van der Waals surface area contributed by atoms with Crippen LogP contribution < -0.4 is 4.74 Å². The molecule has 1 saturated carbocycles. The largest absolute Gasteiger partial charge is 0.483 e. The second-order valence-electron chi connectivity index (χ2n) is 4.79. The Morgan fingerprint density at radius 2 is 2.26 bits per heavy atom. The van der Waals surface area contributed by atoms with Crippen LogP contribution in [0.1, 0.15) is 38.2 Å². The number of nitrogens with zero attached hydrogens (tertiary/aromatic N) is 1. The van der Waals surface area contributed by atoms with Crippen LogP contribution in [0.5, 0.6) is 5.75 Å². The number of aryl methyl sites for hydroxylation is 1. The fraction of sp³-hybridized carbons (Fsp3) is 0.500. The maximum absolute atomic E-state index is 11.4. The summed E-state index contributed by atoms with van der Waals surface area (Å²) < 4.78 is 5.66. The number of rotatable bonds is 4. The van der Waals surface area contributed by atoms with E-state index in [4.69, 9.17) is 4.74 Å². The highest BCUT2D eigenvalue weighted by Crippen LogP contribution is 2.31. The lowest BCUT2D eigenvalue weighted by Gasteiger charge is -2.22. The predicted molar refractivity (Wildman–Crippen MR) is 70.4 cm³/mol. The topological polar surface area (TPSA) is 69.4 Å². The number of carbonyl (C=O) groups is 1. The molecule has 19 heavy (non-hydrogen) atoms. The molecule has 0 spiro atoms. The first kappa shape index (κ1) is 13.5. The number of carbonyl (C=O) groups excluding carboxylic acids is 1. The van der Waals surface area contributed by atoms with Crippen LogP contribution in [0.2, 0.25) is 0 Å². The molecule has 2 rings (SSSR count). The number of hydrogen-bond acceptors (Lipinski definition) is 4. The SMILES string of the molecule is CCc1ccc(OC2CCCC(=O)C2)c([N+](=O)[O-])c1. The highest BCUT2D eigenvalue weighted by Gasteiger charge is 2.24. The van der Waals surface area contributed by atoms with Crippen molar-refractivity contribution in [3.63, 3.8) is 0 Å². The van der Waals surface area contributed by atoms with Crippen molar-refractivity contribution in [2.75, 3.05) is 0 Å². The second-order valence-corrected chi connectivity index (χ2v) is 4.79. The summed E-state index contributed by atoms with van der Waals surface area (Å²) in [7, 11) is 0. The third-order valence-electron chi connectivity index (χ3n) is 3.36. The van der Waals surface area contributed by atoms with E-state index in [0.717, 1.165) is 24.8 Å². The number of hydrogen-bond donors (Lipinski definition) is 0. The first-order valence-corrected chi connectivity index (χ1v) is 6.56. The van der Waals surface area contributed by atoms with E-state index in [1.54, 1.807) is 12.1 Å². The van der Waals surface area contributed by atoms with Crippen LogP contribution in [-0.4, -0.2) is 16.8 Å². The van der Waals surface area contributed by atoms with Gasteiger partial charge in [0.25, 0.3) is 0 Å². The molecule has 0 aliphatic heterocycles. The Labute approximate surface area is 111 Å². The smallest absolute Gasteiger partial charge is 0.311 e. The van der Waals surface area contributed by atoms with Gasteiger partial charge in [-0.2, -0.15) is 0 Å². The van der Waals surface area contributed by atoms with Gasteiger partial charge < -0.3 is 4.74 Å². The Morgan fingerprint density at radius 1 is 1.47 bits per heavy atom. The van der Waals surface area contributed by atoms with Gasteiger partial charge in [0.15, 0.2) is 5.75 Å². The van der Waals surface area contributed by atoms with E-state index in [1.165, 1.54) is 0 Å². The van der Waals surface area contributed by atoms with E-state index in [0.29, 0.717) is 12.8 Å². The molecule has 0 saturated heterocycles. The summed E-state index contributed by atoms with van der Waals surface area (Å²) in [6.45, 7) is 1.94. The van der Waals surface area contributed by atoms with Gasteiger partial charge in [0.1, 0.15) is 11.9 Å². The van der Waals surface area contributed by atoms with Gasteiger partial charge in [-0.25, -0.2) is 0 Å². The first-order valence-electron chi connectivity index (χ1n) is 6.56. The third-order valence-corrected chi connectivity index (χ3v) is 3.36. The zero-order valence-electron chi connectivity index (χ0n) is 10.9. The van der Waals surface area contributed by atoms with E-state index in [2.05, 4.69) is 0 Å². The number of nitro groups is 1. The normalized spacial score (nSPS) is 19.2. The maximum Gasteiger partial charge on any atom is 0.311 e. The van der Waals surface area contributed by atoms with Crippen molar-refractivity contribution in [3.8, 4) is 5.75 Å². The Balaban J connectivity index is 2.19. The average molecular weight is 263 g/mol. The van der Waals surface area contributed by atoms with Gasteiger partial charge in [-0.1, -0.05) is 13.0 Å². The van der Waals surface area contributed by atoms with E-state index < -0.39 is 4.92 Å². The van der Waals surface area contributed by atoms with Crippen LogP contribution in [0, 0.1) is 10.1 Å². The highest BCUT2D eigenvalue weighted by molar-refractivity contribution is 5.79. The maximum atomic E-state index is 11.4. The first-order chi connectivity index (χ1) is 9.10. The molecule has 0 radical (unpaired) electrons. The highest BCUT2D eigenvalue weighted by atomic mass is 16.6. The third kappa shape index (κ3) is 3.30. The van der Waals surface area contributed by atoms with Crippen LogP contribution in [0.3, 0.4) is 0 Å². The molecule has 0 bridgehead atoms. The zero-order chi connectivity index (χ0) is 13.8. The van der Waals surface area contributed by atoms with Gasteiger partial charge in [0, 0.05) is 18.9 Å². The lowest BCUT2D eigenvalue weighted by Crippen LogP contribution is -2.25. The molecule has 0 heterocycles. The van der Waals surface area contributed by atoms with E-state index in [-0.39, 0.29) is 23.3 Å². The van der Waals surface area contributed by atoms with Crippen LogP contribution in [0.4, 0.5) is 5.69 Å². The van der Waals surface area contributed by atoms with Crippen molar-refractivity contribution in [3.05, 3.63) is 33.9 Å². The molecular formula is C14H17NO4. The molecule has 5 nitrogen and oxygen atoms in total. The van der Waals surface area contributed by atoms with Crippen molar-refractivity contribution in [2.45, 2.75) is 45.1 Å². The van der Waals surface area contributed by atoms with E-state index in [9.17, 15) is 14.9 Å². The van der Waals surface area contributed by atoms with Crippen LogP contribution >= 0.6 is 0 Å². The van der Waals surface area contributed by atoms with Crippen LogP contribution in [-0.2, 0) is 11.2 Å². The quantitative estimate of drug-likeness (QED) is 0.618. The molecule has 1 aromatic rings. The fourth-order valence-electron chi connectivity index (χ4n) is 2.29. The van der Waals surface area contributed by atoms with Gasteiger partial charge >= 0.3 is 5.69 Å². The molecule has 102 valence electrons. The average Bonchev–Trinajstić information content (AvgIpc) is 2.39. The Bertz CT molecular complexity index is 498. The molecule has 1 aliphatic carbocycles. The van der Waals surface area contributed by atoms with Crippen LogP contribution in [0.15, 0.2) is 18.2 Å². The van der Waals surface area contributed by atoms with Crippen molar-refractivity contribution in [1.29, 1.82) is 0 Å². The van der Waals surface area contributed by atoms with Crippen molar-refractivity contribution >= 4 is 11.5 Å². The standard InChI is InChI=1S/C14H17NO4/c1-2-10-6-7-14(13(8-10)15(17)18)19-12-5-3-4-11(16)9-12/h6-8,12H,2-5,9H2,1H3. The Morgan fingerprint density at radius 3 is 2.89 bits per heavy atom. The fourth-order valence-corrected chi connectivity index (χ4v) is 2.29. The van der Waals surface area contributed by atoms with E-state index in [1.807, 2.05) is 13.0 Å². The number of ketones is 1. The summed E-state index contributed by atoms with van der Waals surface area (Å²) >= 11 is 0. The molecular weight excluding hydrogens is 246 g/mol. The minimum Gasteiger partial charge on any atom is -0.483 e. The van der Waals surface area contributed by atoms with Gasteiger partial charge in [-0.3, -0.25) is 14.9 Å². The molecule has 0 aromatic heterocycles. The number of nitro benzene ring substituents is 1. The van der Waals surface area contributed by atoms with Crippen LogP contribution in [0.25, 0.3) is 0 Å². The molecule has 1 aromatic carbocycles. The summed E-state index contributed by atoms with van der Waals surface area (Å²) in [4.78, 5) is 22.0. The molecule has 1 fully saturated rings. The summed E-state index contributed by atoms with van der Waals surface area (Å²) in [6.07, 6.45) is 3.03. The van der Waals surface area contributed by atoms with Gasteiger partial charge in [-0.15, -0.1) is 0 Å². The molecule has 1 unspecified atom stereocenters. The summed E-state index contributed by atoms with van der Waals surface area (Å²) in [5.41, 5.74) is 0.885. The number of ether oxygens (including phenoxy) is 1. The molecule has 1 atom stereocenters. The summed E-state index contributed by atoms with van der Waals surface area (Å²) in [5.74, 6) is 0.436. The van der Waals surface area contributed by atoms with Crippen molar-refractivity contribution < 1.29 is 14.5 Å². The van der Waals surface area contributed by atoms with Gasteiger partial charge in [0.2, 0.25) is 0 Å². The lowest BCUT2D eigenvalue weighted by molar-refractivity contribution is -0.386. The number of benzene rings is 1. The molecule has 1 aliphatic rings. The van der Waals surface area contributed by atoms with Gasteiger partial charge in [0.05, 0.1) is 4.92 Å². The molecule has 0 N–H and O–H groups in total. The molecule has 5 heteroatoms. The zero-order valence-corrected chi connectivity index (χ0v) is 10.9. The molecule has 0 amide bonds. The van der Waals surface area contributed by atoms with Gasteiger partial charge in [-0.05, 0) is 30.9 Å². The van der Waals surface area contributed by atoms with Crippen molar-refractivity contribution in [1.82, 2.24) is 0 Å². The second kappa shape index (κ2) is 5.82. The Hall–Kier alpha value is -1.91. The van der Waals surface area contributed by atoms with Crippen molar-refractivity contribution in [2.24, 2.45) is 0 Å². The Kier molecular flexibility index (Phi) is 4.14. The minimum atomic E-state index is -0.431. The lowest BCUT2D eigenvalue weighted by atomic mass is 9.96. The number of Topliss-reactive ketones (excluding diaryl/α,β-unsaturated/α-hetero) is 1. The minimum absolute atomic E-state index is 0.0163. The summed E-state index contributed by atoms with van der Waals surface area (Å²) in [6, 6.07) is 5.00. The summed E-state index contributed by atoms with van der Waals surface area (Å²) in [5, 5.41) is 11.1. The predicted octanol–water partition coefficient (Wildman–Crippen LogP) is 3.05.